The molecule has 0 radical (unpaired) electrons. The van der Waals surface area contributed by atoms with Gasteiger partial charge in [-0.3, -0.25) is 4.90 Å². The maximum Gasteiger partial charge on any atom is 0.321 e. The summed E-state index contributed by atoms with van der Waals surface area (Å²) in [7, 11) is 0. The van der Waals surface area contributed by atoms with Gasteiger partial charge in [0.2, 0.25) is 0 Å². The average molecular weight is 190 g/mol. The van der Waals surface area contributed by atoms with Gasteiger partial charge < -0.3 is 5.32 Å². The molecule has 0 spiro atoms. The van der Waals surface area contributed by atoms with Gasteiger partial charge in [0, 0.05) is 18.8 Å². The Kier molecular flexibility index (Phi) is 2.39. The molecule has 14 heavy (non-hydrogen) atoms. The summed E-state index contributed by atoms with van der Waals surface area (Å²) in [4.78, 5) is 13.4. The molecule has 3 nitrogen and oxygen atoms in total. The SMILES string of the molecule is CCNC(=O)N1CCc2ccccc21. The van der Waals surface area contributed by atoms with Crippen LogP contribution in [0.15, 0.2) is 24.3 Å². The standard InChI is InChI=1S/C11H14N2O/c1-2-12-11(14)13-8-7-9-5-3-4-6-10(9)13/h3-6H,2,7-8H2,1H3,(H,12,14). The molecule has 2 rings (SSSR count). The predicted molar refractivity (Wildman–Crippen MR) is 56.6 cm³/mol. The molecule has 1 aromatic carbocycles. The van der Waals surface area contributed by atoms with E-state index in [-0.39, 0.29) is 6.03 Å². The first-order chi connectivity index (χ1) is 6.83. The molecule has 0 aliphatic carbocycles. The van der Waals surface area contributed by atoms with Crippen molar-refractivity contribution in [2.75, 3.05) is 18.0 Å². The Morgan fingerprint density at radius 2 is 2.29 bits per heavy atom. The molecule has 2 amide bonds. The van der Waals surface area contributed by atoms with E-state index in [0.717, 1.165) is 18.7 Å². The summed E-state index contributed by atoms with van der Waals surface area (Å²) < 4.78 is 0. The number of nitrogens with zero attached hydrogens (tertiary/aromatic N) is 1. The monoisotopic (exact) mass is 190 g/mol. The van der Waals surface area contributed by atoms with Crippen molar-refractivity contribution in [2.24, 2.45) is 0 Å². The second kappa shape index (κ2) is 3.70. The van der Waals surface area contributed by atoms with Crippen LogP contribution < -0.4 is 10.2 Å². The third kappa shape index (κ3) is 1.45. The first-order valence-electron chi connectivity index (χ1n) is 4.96. The quantitative estimate of drug-likeness (QED) is 0.719. The molecule has 0 saturated carbocycles. The number of nitrogens with one attached hydrogen (secondary N) is 1. The van der Waals surface area contributed by atoms with Crippen LogP contribution in [0.2, 0.25) is 0 Å². The zero-order valence-electron chi connectivity index (χ0n) is 8.29. The van der Waals surface area contributed by atoms with Crippen molar-refractivity contribution in [3.8, 4) is 0 Å². The van der Waals surface area contributed by atoms with Gasteiger partial charge >= 0.3 is 6.03 Å². The van der Waals surface area contributed by atoms with Crippen molar-refractivity contribution in [1.29, 1.82) is 0 Å². The molecular weight excluding hydrogens is 176 g/mol. The highest BCUT2D eigenvalue weighted by Gasteiger charge is 2.23. The average Bonchev–Trinajstić information content (AvgIpc) is 2.61. The zero-order chi connectivity index (χ0) is 9.97. The van der Waals surface area contributed by atoms with Crippen molar-refractivity contribution in [1.82, 2.24) is 5.32 Å². The van der Waals surface area contributed by atoms with Gasteiger partial charge in [-0.05, 0) is 25.0 Å². The fraction of sp³-hybridized carbons (Fsp3) is 0.364. The molecule has 1 heterocycles. The molecule has 1 aliphatic rings. The summed E-state index contributed by atoms with van der Waals surface area (Å²) in [5.74, 6) is 0. The number of carbonyl (C=O) groups excluding carboxylic acids is 1. The molecule has 0 bridgehead atoms. The summed E-state index contributed by atoms with van der Waals surface area (Å²) in [6, 6.07) is 8.07. The summed E-state index contributed by atoms with van der Waals surface area (Å²) in [5, 5.41) is 2.82. The van der Waals surface area contributed by atoms with Gasteiger partial charge in [-0.2, -0.15) is 0 Å². The largest absolute Gasteiger partial charge is 0.338 e. The number of anilines is 1. The lowest BCUT2D eigenvalue weighted by atomic mass is 10.2. The number of benzene rings is 1. The Bertz CT molecular complexity index is 349. The van der Waals surface area contributed by atoms with E-state index < -0.39 is 0 Å². The van der Waals surface area contributed by atoms with E-state index in [1.807, 2.05) is 25.1 Å². The number of para-hydroxylation sites is 1. The Morgan fingerprint density at radius 3 is 3.07 bits per heavy atom. The lowest BCUT2D eigenvalue weighted by molar-refractivity contribution is 0.247. The van der Waals surface area contributed by atoms with E-state index in [2.05, 4.69) is 11.4 Å². The minimum atomic E-state index is 0.0115. The van der Waals surface area contributed by atoms with E-state index in [0.29, 0.717) is 6.54 Å². The van der Waals surface area contributed by atoms with E-state index in [4.69, 9.17) is 0 Å². The van der Waals surface area contributed by atoms with Crippen molar-refractivity contribution < 1.29 is 4.79 Å². The van der Waals surface area contributed by atoms with Crippen molar-refractivity contribution in [3.63, 3.8) is 0 Å². The number of urea groups is 1. The van der Waals surface area contributed by atoms with Crippen LogP contribution in [-0.4, -0.2) is 19.1 Å². The van der Waals surface area contributed by atoms with E-state index >= 15 is 0 Å². The van der Waals surface area contributed by atoms with E-state index in [1.165, 1.54) is 5.56 Å². The van der Waals surface area contributed by atoms with Crippen LogP contribution in [0.3, 0.4) is 0 Å². The summed E-state index contributed by atoms with van der Waals surface area (Å²) in [6.07, 6.45) is 0.966. The molecule has 1 aromatic rings. The number of rotatable bonds is 1. The van der Waals surface area contributed by atoms with Crippen LogP contribution in [0.25, 0.3) is 0 Å². The number of hydrogen-bond acceptors (Lipinski definition) is 1. The van der Waals surface area contributed by atoms with Crippen molar-refractivity contribution in [3.05, 3.63) is 29.8 Å². The number of carbonyl (C=O) groups is 1. The predicted octanol–water partition coefficient (Wildman–Crippen LogP) is 1.78. The minimum Gasteiger partial charge on any atom is -0.338 e. The number of hydrogen-bond donors (Lipinski definition) is 1. The van der Waals surface area contributed by atoms with E-state index in [9.17, 15) is 4.79 Å². The lowest BCUT2D eigenvalue weighted by Crippen LogP contribution is -2.38. The zero-order valence-corrected chi connectivity index (χ0v) is 8.29. The number of amides is 2. The second-order valence-electron chi connectivity index (χ2n) is 3.37. The molecule has 3 heteroatoms. The van der Waals surface area contributed by atoms with Crippen molar-refractivity contribution in [2.45, 2.75) is 13.3 Å². The van der Waals surface area contributed by atoms with Crippen LogP contribution in [0.5, 0.6) is 0 Å². The Balaban J connectivity index is 2.21. The second-order valence-corrected chi connectivity index (χ2v) is 3.37. The number of fused-ring (bicyclic) bond motifs is 1. The first-order valence-corrected chi connectivity index (χ1v) is 4.96. The highest BCUT2D eigenvalue weighted by Crippen LogP contribution is 2.26. The highest BCUT2D eigenvalue weighted by atomic mass is 16.2. The normalized spacial score (nSPS) is 13.9. The van der Waals surface area contributed by atoms with Gasteiger partial charge in [-0.25, -0.2) is 4.79 Å². The topological polar surface area (TPSA) is 32.3 Å². The van der Waals surface area contributed by atoms with Gasteiger partial charge in [0.25, 0.3) is 0 Å². The molecular formula is C11H14N2O. The molecule has 0 aromatic heterocycles. The first kappa shape index (κ1) is 9.06. The van der Waals surface area contributed by atoms with Gasteiger partial charge in [0.05, 0.1) is 0 Å². The third-order valence-electron chi connectivity index (χ3n) is 2.46. The minimum absolute atomic E-state index is 0.0115. The highest BCUT2D eigenvalue weighted by molar-refractivity contribution is 5.94. The van der Waals surface area contributed by atoms with Crippen LogP contribution in [0, 0.1) is 0 Å². The molecule has 0 unspecified atom stereocenters. The summed E-state index contributed by atoms with van der Waals surface area (Å²) >= 11 is 0. The maximum atomic E-state index is 11.6. The maximum absolute atomic E-state index is 11.6. The lowest BCUT2D eigenvalue weighted by Gasteiger charge is -2.17. The Hall–Kier alpha value is -1.51. The molecule has 0 atom stereocenters. The van der Waals surface area contributed by atoms with Crippen LogP contribution in [0.4, 0.5) is 10.5 Å². The van der Waals surface area contributed by atoms with Gasteiger partial charge in [0.15, 0.2) is 0 Å². The molecule has 1 aliphatic heterocycles. The smallest absolute Gasteiger partial charge is 0.321 e. The fourth-order valence-electron chi connectivity index (χ4n) is 1.80. The van der Waals surface area contributed by atoms with Gasteiger partial charge in [-0.1, -0.05) is 18.2 Å². The third-order valence-corrected chi connectivity index (χ3v) is 2.46. The van der Waals surface area contributed by atoms with Crippen LogP contribution in [0.1, 0.15) is 12.5 Å². The van der Waals surface area contributed by atoms with Gasteiger partial charge in [0.1, 0.15) is 0 Å². The Morgan fingerprint density at radius 1 is 1.50 bits per heavy atom. The van der Waals surface area contributed by atoms with Crippen LogP contribution >= 0.6 is 0 Å². The van der Waals surface area contributed by atoms with Gasteiger partial charge in [-0.15, -0.1) is 0 Å². The molecule has 0 saturated heterocycles. The molecule has 0 fully saturated rings. The molecule has 74 valence electrons. The summed E-state index contributed by atoms with van der Waals surface area (Å²) in [6.45, 7) is 3.41. The summed E-state index contributed by atoms with van der Waals surface area (Å²) in [5.41, 5.74) is 2.32. The van der Waals surface area contributed by atoms with Crippen molar-refractivity contribution >= 4 is 11.7 Å². The van der Waals surface area contributed by atoms with Crippen LogP contribution in [-0.2, 0) is 6.42 Å². The fourth-order valence-corrected chi connectivity index (χ4v) is 1.80. The Labute approximate surface area is 83.7 Å². The molecule has 1 N–H and O–H groups in total. The van der Waals surface area contributed by atoms with E-state index in [1.54, 1.807) is 4.90 Å².